The highest BCUT2D eigenvalue weighted by Crippen LogP contribution is 2.41. The van der Waals surface area contributed by atoms with Crippen LogP contribution in [0.15, 0.2) is 54.6 Å². The third kappa shape index (κ3) is 2.47. The van der Waals surface area contributed by atoms with Crippen LogP contribution in [0.4, 0.5) is 0 Å². The first-order valence-electron chi connectivity index (χ1n) is 8.63. The van der Waals surface area contributed by atoms with E-state index in [0.717, 1.165) is 27.7 Å². The van der Waals surface area contributed by atoms with Gasteiger partial charge >= 0.3 is 5.97 Å². The molecule has 26 heavy (non-hydrogen) atoms. The van der Waals surface area contributed by atoms with Crippen molar-refractivity contribution < 1.29 is 14.3 Å². The first-order valence-corrected chi connectivity index (χ1v) is 8.63. The van der Waals surface area contributed by atoms with Crippen molar-refractivity contribution in [2.75, 3.05) is 7.11 Å². The number of carbonyl (C=O) groups excluding carboxylic acids is 2. The molecule has 1 N–H and O–H groups in total. The fraction of sp³-hybridized carbons (Fsp3) is 0.238. The number of methoxy groups -OCH3 is 1. The zero-order valence-electron chi connectivity index (χ0n) is 14.7. The lowest BCUT2D eigenvalue weighted by Gasteiger charge is -2.40. The van der Waals surface area contributed by atoms with Crippen molar-refractivity contribution >= 4 is 22.8 Å². The number of amides is 1. The van der Waals surface area contributed by atoms with Gasteiger partial charge < -0.3 is 14.6 Å². The van der Waals surface area contributed by atoms with Crippen molar-refractivity contribution in [2.45, 2.75) is 25.4 Å². The van der Waals surface area contributed by atoms with Gasteiger partial charge in [-0.15, -0.1) is 0 Å². The number of H-pyrrole nitrogens is 1. The van der Waals surface area contributed by atoms with Crippen LogP contribution in [0.2, 0.25) is 0 Å². The number of rotatable bonds is 2. The van der Waals surface area contributed by atoms with E-state index in [9.17, 15) is 9.59 Å². The molecule has 2 atom stereocenters. The van der Waals surface area contributed by atoms with Crippen LogP contribution in [0.5, 0.6) is 0 Å². The normalized spacial score (nSPS) is 19.2. The maximum Gasteiger partial charge on any atom is 0.328 e. The largest absolute Gasteiger partial charge is 0.467 e. The Morgan fingerprint density at radius 3 is 2.46 bits per heavy atom. The Hall–Kier alpha value is -3.08. The van der Waals surface area contributed by atoms with Crippen molar-refractivity contribution in [3.8, 4) is 0 Å². The van der Waals surface area contributed by atoms with Crippen molar-refractivity contribution in [1.82, 2.24) is 9.88 Å². The Morgan fingerprint density at radius 1 is 1.08 bits per heavy atom. The summed E-state index contributed by atoms with van der Waals surface area (Å²) in [6.45, 7) is 1.50. The van der Waals surface area contributed by atoms with E-state index < -0.39 is 12.0 Å². The lowest BCUT2D eigenvalue weighted by atomic mass is 9.88. The highest BCUT2D eigenvalue weighted by atomic mass is 16.5. The molecule has 0 fully saturated rings. The number of nitrogens with one attached hydrogen (secondary N) is 1. The summed E-state index contributed by atoms with van der Waals surface area (Å²) in [7, 11) is 1.36. The minimum Gasteiger partial charge on any atom is -0.467 e. The van der Waals surface area contributed by atoms with Crippen molar-refractivity contribution in [3.05, 3.63) is 71.4 Å². The molecule has 1 aliphatic rings. The van der Waals surface area contributed by atoms with Crippen molar-refractivity contribution in [2.24, 2.45) is 0 Å². The zero-order valence-corrected chi connectivity index (χ0v) is 14.7. The van der Waals surface area contributed by atoms with E-state index in [1.807, 2.05) is 54.6 Å². The number of esters is 1. The molecule has 0 spiro atoms. The third-order valence-electron chi connectivity index (χ3n) is 5.08. The minimum atomic E-state index is -0.644. The van der Waals surface area contributed by atoms with E-state index in [2.05, 4.69) is 4.98 Å². The lowest BCUT2D eigenvalue weighted by Crippen LogP contribution is -2.51. The summed E-state index contributed by atoms with van der Waals surface area (Å²) in [5.74, 6) is -0.546. The van der Waals surface area contributed by atoms with Crippen LogP contribution in [-0.4, -0.2) is 34.9 Å². The van der Waals surface area contributed by atoms with E-state index >= 15 is 0 Å². The first-order chi connectivity index (χ1) is 12.6. The number of para-hydroxylation sites is 1. The number of aromatic nitrogens is 1. The molecular formula is C21H20N2O3. The van der Waals surface area contributed by atoms with Gasteiger partial charge in [0, 0.05) is 29.9 Å². The van der Waals surface area contributed by atoms with Gasteiger partial charge in [-0.3, -0.25) is 4.79 Å². The highest BCUT2D eigenvalue weighted by Gasteiger charge is 2.42. The number of benzene rings is 2. The molecule has 2 aromatic carbocycles. The van der Waals surface area contributed by atoms with Gasteiger partial charge in [-0.1, -0.05) is 48.5 Å². The van der Waals surface area contributed by atoms with Crippen molar-refractivity contribution in [3.63, 3.8) is 0 Å². The molecule has 1 aliphatic heterocycles. The molecule has 1 amide bonds. The lowest BCUT2D eigenvalue weighted by molar-refractivity contribution is -0.154. The predicted octanol–water partition coefficient (Wildman–Crippen LogP) is 3.20. The minimum absolute atomic E-state index is 0.154. The highest BCUT2D eigenvalue weighted by molar-refractivity contribution is 5.90. The number of carbonyl (C=O) groups is 2. The van der Waals surface area contributed by atoms with E-state index in [1.165, 1.54) is 14.0 Å². The van der Waals surface area contributed by atoms with Gasteiger partial charge in [0.15, 0.2) is 0 Å². The molecule has 5 nitrogen and oxygen atoms in total. The van der Waals surface area contributed by atoms with Gasteiger partial charge in [0.05, 0.1) is 13.2 Å². The molecule has 5 heteroatoms. The maximum absolute atomic E-state index is 12.5. The summed E-state index contributed by atoms with van der Waals surface area (Å²) < 4.78 is 5.01. The molecule has 2 heterocycles. The molecule has 132 valence electrons. The molecule has 1 aromatic heterocycles. The number of aromatic amines is 1. The Kier molecular flexibility index (Phi) is 3.99. The standard InChI is InChI=1S/C21H20N2O3/c1-13(24)23-18(21(25)26-2)12-16-15-10-6-7-11-17(15)22-19(16)20(23)14-8-4-3-5-9-14/h3-11,18,20,22H,12H2,1-2H3/t18-,20+/m1/s1. The van der Waals surface area contributed by atoms with Crippen LogP contribution in [-0.2, 0) is 20.7 Å². The second-order valence-corrected chi connectivity index (χ2v) is 6.55. The SMILES string of the molecule is COC(=O)[C@H]1Cc2c([nH]c3ccccc23)[C@H](c2ccccc2)N1C(C)=O. The Labute approximate surface area is 151 Å². The van der Waals surface area contributed by atoms with Crippen LogP contribution < -0.4 is 0 Å². The number of hydrogen-bond acceptors (Lipinski definition) is 3. The molecule has 0 radical (unpaired) electrons. The van der Waals surface area contributed by atoms with Crippen LogP contribution in [0, 0.1) is 0 Å². The van der Waals surface area contributed by atoms with E-state index in [0.29, 0.717) is 6.42 Å². The van der Waals surface area contributed by atoms with Gasteiger partial charge in [0.25, 0.3) is 0 Å². The third-order valence-corrected chi connectivity index (χ3v) is 5.08. The average molecular weight is 348 g/mol. The van der Waals surface area contributed by atoms with Gasteiger partial charge in [-0.05, 0) is 17.2 Å². The fourth-order valence-corrected chi connectivity index (χ4v) is 3.98. The molecule has 3 aromatic rings. The number of nitrogens with zero attached hydrogens (tertiary/aromatic N) is 1. The monoisotopic (exact) mass is 348 g/mol. The molecular weight excluding hydrogens is 328 g/mol. The zero-order chi connectivity index (χ0) is 18.3. The second kappa shape index (κ2) is 6.33. The summed E-state index contributed by atoms with van der Waals surface area (Å²) in [5, 5.41) is 1.08. The average Bonchev–Trinajstić information content (AvgIpc) is 3.04. The van der Waals surface area contributed by atoms with E-state index in [1.54, 1.807) is 4.90 Å². The molecule has 0 bridgehead atoms. The molecule has 0 unspecified atom stereocenters. The van der Waals surface area contributed by atoms with Crippen LogP contribution in [0.1, 0.15) is 29.8 Å². The van der Waals surface area contributed by atoms with Gasteiger partial charge in [0.2, 0.25) is 5.91 Å². The first kappa shape index (κ1) is 16.4. The Balaban J connectivity index is 1.98. The van der Waals surface area contributed by atoms with Crippen LogP contribution in [0.3, 0.4) is 0 Å². The van der Waals surface area contributed by atoms with Crippen LogP contribution in [0.25, 0.3) is 10.9 Å². The quantitative estimate of drug-likeness (QED) is 0.724. The maximum atomic E-state index is 12.5. The number of hydrogen-bond donors (Lipinski definition) is 1. The summed E-state index contributed by atoms with van der Waals surface area (Å²) in [6, 6.07) is 16.8. The fourth-order valence-electron chi connectivity index (χ4n) is 3.98. The van der Waals surface area contributed by atoms with Gasteiger partial charge in [0.1, 0.15) is 6.04 Å². The molecule has 0 saturated heterocycles. The second-order valence-electron chi connectivity index (χ2n) is 6.55. The van der Waals surface area contributed by atoms with Gasteiger partial charge in [-0.25, -0.2) is 4.79 Å². The Morgan fingerprint density at radius 2 is 1.77 bits per heavy atom. The predicted molar refractivity (Wildman–Crippen MR) is 98.6 cm³/mol. The summed E-state index contributed by atoms with van der Waals surface area (Å²) in [4.78, 5) is 30.2. The smallest absolute Gasteiger partial charge is 0.328 e. The summed E-state index contributed by atoms with van der Waals surface area (Å²) in [5.41, 5.74) is 4.01. The summed E-state index contributed by atoms with van der Waals surface area (Å²) >= 11 is 0. The number of fused-ring (bicyclic) bond motifs is 3. The van der Waals surface area contributed by atoms with Gasteiger partial charge in [-0.2, -0.15) is 0 Å². The van der Waals surface area contributed by atoms with Crippen LogP contribution >= 0.6 is 0 Å². The Bertz CT molecular complexity index is 977. The molecule has 4 rings (SSSR count). The van der Waals surface area contributed by atoms with Crippen molar-refractivity contribution in [1.29, 1.82) is 0 Å². The van der Waals surface area contributed by atoms with E-state index in [-0.39, 0.29) is 11.9 Å². The topological polar surface area (TPSA) is 62.4 Å². The molecule has 0 saturated carbocycles. The van der Waals surface area contributed by atoms with E-state index in [4.69, 9.17) is 4.74 Å². The summed E-state index contributed by atoms with van der Waals surface area (Å²) in [6.07, 6.45) is 0.439. The number of ether oxygens (including phenoxy) is 1. The molecule has 0 aliphatic carbocycles.